The van der Waals surface area contributed by atoms with Crippen LogP contribution in [0.5, 0.6) is 11.5 Å². The Balaban J connectivity index is 1.52. The van der Waals surface area contributed by atoms with Crippen molar-refractivity contribution in [3.05, 3.63) is 59.9 Å². The van der Waals surface area contributed by atoms with Crippen LogP contribution < -0.4 is 9.26 Å². The molecule has 13 nitrogen and oxygen atoms in total. The third-order valence-corrected chi connectivity index (χ3v) is 5.60. The first-order valence-corrected chi connectivity index (χ1v) is 12.3. The zero-order valence-corrected chi connectivity index (χ0v) is 19.8. The van der Waals surface area contributed by atoms with Gasteiger partial charge in [0.25, 0.3) is 0 Å². The first-order chi connectivity index (χ1) is 17.4. The van der Waals surface area contributed by atoms with Crippen LogP contribution in [0.1, 0.15) is 15.9 Å². The largest absolute Gasteiger partial charge is 0.524 e. The molecular formula is C22H23N4O9P. The van der Waals surface area contributed by atoms with E-state index >= 15 is 0 Å². The number of aldehydes is 1. The molecule has 14 heteroatoms. The maximum atomic E-state index is 12.7. The lowest BCUT2D eigenvalue weighted by Crippen LogP contribution is -2.38. The summed E-state index contributed by atoms with van der Waals surface area (Å²) in [6.07, 6.45) is 2.69. The number of hydrogen-bond acceptors (Lipinski definition) is 10. The third kappa shape index (κ3) is 6.33. The van der Waals surface area contributed by atoms with Crippen LogP contribution in [0.2, 0.25) is 0 Å². The van der Waals surface area contributed by atoms with Gasteiger partial charge in [-0.3, -0.25) is 24.5 Å². The van der Waals surface area contributed by atoms with Crippen LogP contribution in [0.4, 0.5) is 4.79 Å². The lowest BCUT2D eigenvalue weighted by Gasteiger charge is -2.25. The normalized spacial score (nSPS) is 14.3. The van der Waals surface area contributed by atoms with Crippen LogP contribution in [0.3, 0.4) is 0 Å². The van der Waals surface area contributed by atoms with Gasteiger partial charge in [-0.05, 0) is 24.3 Å². The Morgan fingerprint density at radius 3 is 2.64 bits per heavy atom. The summed E-state index contributed by atoms with van der Waals surface area (Å²) in [6.45, 7) is 2.47. The average molecular weight is 518 g/mol. The monoisotopic (exact) mass is 518 g/mol. The number of phosphoric acid groups is 1. The highest BCUT2D eigenvalue weighted by molar-refractivity contribution is 7.46. The Morgan fingerprint density at radius 2 is 1.89 bits per heavy atom. The molecule has 4 rings (SSSR count). The zero-order chi connectivity index (χ0) is 25.5. The minimum atomic E-state index is -4.88. The van der Waals surface area contributed by atoms with Gasteiger partial charge in [0.1, 0.15) is 24.8 Å². The maximum Gasteiger partial charge on any atom is 0.524 e. The first kappa shape index (κ1) is 25.5. The molecule has 1 saturated heterocycles. The van der Waals surface area contributed by atoms with Gasteiger partial charge in [-0.2, -0.15) is 9.78 Å². The van der Waals surface area contributed by atoms with Crippen molar-refractivity contribution < 1.29 is 42.7 Å². The molecule has 0 aliphatic carbocycles. The molecule has 0 unspecified atom stereocenters. The van der Waals surface area contributed by atoms with Crippen molar-refractivity contribution in [2.24, 2.45) is 0 Å². The average Bonchev–Trinajstić information content (AvgIpc) is 3.36. The third-order valence-electron chi connectivity index (χ3n) is 5.17. The topological polar surface area (TPSA) is 163 Å². The molecule has 190 valence electrons. The van der Waals surface area contributed by atoms with E-state index in [4.69, 9.17) is 24.0 Å². The number of phosphoric ester groups is 1. The van der Waals surface area contributed by atoms with Gasteiger partial charge < -0.3 is 18.7 Å². The van der Waals surface area contributed by atoms with Crippen LogP contribution in [-0.2, 0) is 20.6 Å². The minimum absolute atomic E-state index is 0.0455. The fourth-order valence-corrected chi connectivity index (χ4v) is 3.90. The summed E-state index contributed by atoms with van der Waals surface area (Å²) in [5.41, 5.74) is 1.16. The van der Waals surface area contributed by atoms with Gasteiger partial charge in [0.15, 0.2) is 6.29 Å². The number of pyridine rings is 1. The van der Waals surface area contributed by atoms with Gasteiger partial charge >= 0.3 is 13.9 Å². The molecule has 0 saturated carbocycles. The lowest BCUT2D eigenvalue weighted by atomic mass is 10.1. The molecule has 2 N–H and O–H groups in total. The van der Waals surface area contributed by atoms with Crippen molar-refractivity contribution in [3.8, 4) is 22.9 Å². The molecule has 3 aromatic rings. The van der Waals surface area contributed by atoms with Crippen molar-refractivity contribution in [1.82, 2.24) is 19.7 Å². The molecule has 36 heavy (non-hydrogen) atoms. The number of rotatable bonds is 9. The number of benzene rings is 1. The first-order valence-electron chi connectivity index (χ1n) is 10.8. The summed E-state index contributed by atoms with van der Waals surface area (Å²) in [4.78, 5) is 48.8. The van der Waals surface area contributed by atoms with E-state index < -0.39 is 13.9 Å². The van der Waals surface area contributed by atoms with E-state index in [0.717, 1.165) is 4.68 Å². The van der Waals surface area contributed by atoms with Crippen LogP contribution in [0, 0.1) is 0 Å². The van der Waals surface area contributed by atoms with E-state index in [1.807, 2.05) is 4.90 Å². The number of carbonyl (C=O) groups is 2. The van der Waals surface area contributed by atoms with E-state index in [-0.39, 0.29) is 30.4 Å². The molecule has 2 aromatic heterocycles. The predicted octanol–water partition coefficient (Wildman–Crippen LogP) is 2.08. The number of hydrogen-bond donors (Lipinski definition) is 2. The quantitative estimate of drug-likeness (QED) is 0.314. The highest BCUT2D eigenvalue weighted by Crippen LogP contribution is 2.41. The predicted molar refractivity (Wildman–Crippen MR) is 123 cm³/mol. The Labute approximate surface area is 205 Å². The smallest absolute Gasteiger partial charge is 0.488 e. The molecular weight excluding hydrogens is 495 g/mol. The van der Waals surface area contributed by atoms with E-state index in [0.29, 0.717) is 49.5 Å². The fraction of sp³-hybridized carbons (Fsp3) is 0.273. The second kappa shape index (κ2) is 11.4. The van der Waals surface area contributed by atoms with Crippen molar-refractivity contribution in [2.75, 3.05) is 33.0 Å². The van der Waals surface area contributed by atoms with Crippen molar-refractivity contribution in [3.63, 3.8) is 0 Å². The molecule has 1 fully saturated rings. The van der Waals surface area contributed by atoms with Crippen LogP contribution >= 0.6 is 7.82 Å². The summed E-state index contributed by atoms with van der Waals surface area (Å²) in [5.74, 6) is -0.271. The van der Waals surface area contributed by atoms with Crippen molar-refractivity contribution in [2.45, 2.75) is 6.61 Å². The molecule has 1 aromatic carbocycles. The standard InChI is InChI=1S/C22H23N4O9P/c27-13-17-19(4-1-5-20(17)35-36(29,30)31)33-14-16-3-2-7-23-21(16)18-6-8-24-26(18)22(28)34-15-25-9-11-32-12-10-25/h1-8,13H,9-12,14-15H2,(H2,29,30,31). The minimum Gasteiger partial charge on any atom is -0.488 e. The number of ether oxygens (including phenoxy) is 3. The second-order valence-corrected chi connectivity index (χ2v) is 8.73. The highest BCUT2D eigenvalue weighted by Gasteiger charge is 2.22. The number of nitrogens with zero attached hydrogens (tertiary/aromatic N) is 4. The Bertz CT molecular complexity index is 1270. The fourth-order valence-electron chi connectivity index (χ4n) is 3.48. The molecule has 0 radical (unpaired) electrons. The molecule has 3 heterocycles. The van der Waals surface area contributed by atoms with E-state index in [2.05, 4.69) is 14.6 Å². The summed E-state index contributed by atoms with van der Waals surface area (Å²) in [7, 11) is -4.88. The lowest BCUT2D eigenvalue weighted by molar-refractivity contribution is -0.0102. The summed E-state index contributed by atoms with van der Waals surface area (Å²) in [5, 5.41) is 4.07. The van der Waals surface area contributed by atoms with Gasteiger partial charge in [0.2, 0.25) is 0 Å². The SMILES string of the molecule is O=Cc1c(OCc2cccnc2-c2ccnn2C(=O)OCN2CCOCC2)cccc1OP(=O)(O)O. The molecule has 1 aliphatic heterocycles. The van der Waals surface area contributed by atoms with Crippen LogP contribution in [-0.4, -0.2) is 74.9 Å². The van der Waals surface area contributed by atoms with Gasteiger partial charge in [0.05, 0.1) is 36.4 Å². The van der Waals surface area contributed by atoms with E-state index in [1.54, 1.807) is 24.4 Å². The maximum absolute atomic E-state index is 12.7. The molecule has 0 spiro atoms. The van der Waals surface area contributed by atoms with Crippen molar-refractivity contribution >= 4 is 20.2 Å². The summed E-state index contributed by atoms with van der Waals surface area (Å²) < 4.78 is 33.3. The zero-order valence-electron chi connectivity index (χ0n) is 18.9. The molecule has 0 bridgehead atoms. The Kier molecular flexibility index (Phi) is 8.08. The molecule has 1 aliphatic rings. The Morgan fingerprint density at radius 1 is 1.11 bits per heavy atom. The second-order valence-electron chi connectivity index (χ2n) is 7.57. The molecule has 0 amide bonds. The van der Waals surface area contributed by atoms with Crippen LogP contribution in [0.25, 0.3) is 11.4 Å². The number of aromatic nitrogens is 3. The summed E-state index contributed by atoms with van der Waals surface area (Å²) in [6, 6.07) is 9.12. The van der Waals surface area contributed by atoms with E-state index in [1.165, 1.54) is 24.4 Å². The number of morpholine rings is 1. The Hall–Kier alpha value is -3.61. The van der Waals surface area contributed by atoms with Gasteiger partial charge in [-0.1, -0.05) is 12.1 Å². The number of carbonyl (C=O) groups excluding carboxylic acids is 2. The van der Waals surface area contributed by atoms with Gasteiger partial charge in [-0.15, -0.1) is 0 Å². The van der Waals surface area contributed by atoms with E-state index in [9.17, 15) is 14.2 Å². The van der Waals surface area contributed by atoms with Gasteiger partial charge in [0, 0.05) is 24.8 Å². The van der Waals surface area contributed by atoms with Crippen LogP contribution in [0.15, 0.2) is 48.8 Å². The van der Waals surface area contributed by atoms with Gasteiger partial charge in [-0.25, -0.2) is 9.36 Å². The summed E-state index contributed by atoms with van der Waals surface area (Å²) >= 11 is 0. The van der Waals surface area contributed by atoms with Crippen molar-refractivity contribution in [1.29, 1.82) is 0 Å². The highest BCUT2D eigenvalue weighted by atomic mass is 31.2. The molecule has 0 atom stereocenters.